The summed E-state index contributed by atoms with van der Waals surface area (Å²) in [5.41, 5.74) is 8.07. The zero-order valence-electron chi connectivity index (χ0n) is 19.0. The smallest absolute Gasteiger partial charge is 0.212 e. The van der Waals surface area contributed by atoms with E-state index in [1.165, 1.54) is 57.8 Å². The lowest BCUT2D eigenvalue weighted by Crippen LogP contribution is -2.33. The van der Waals surface area contributed by atoms with E-state index in [1.807, 2.05) is 18.2 Å². The van der Waals surface area contributed by atoms with Crippen LogP contribution >= 0.6 is 11.6 Å². The number of benzene rings is 1. The van der Waals surface area contributed by atoms with E-state index in [-0.39, 0.29) is 5.92 Å². The lowest BCUT2D eigenvalue weighted by molar-refractivity contribution is 0.414. The Hall–Kier alpha value is -1.75. The quantitative estimate of drug-likeness (QED) is 0.227. The van der Waals surface area contributed by atoms with E-state index in [1.54, 1.807) is 12.1 Å². The second kappa shape index (κ2) is 13.5. The van der Waals surface area contributed by atoms with Gasteiger partial charge in [-0.15, -0.1) is 0 Å². The summed E-state index contributed by atoms with van der Waals surface area (Å²) in [5, 5.41) is 7.11. The van der Waals surface area contributed by atoms with Crippen LogP contribution < -0.4 is 10.5 Å². The molecule has 1 aromatic carbocycles. The summed E-state index contributed by atoms with van der Waals surface area (Å²) in [6.45, 7) is 5.88. The Kier molecular flexibility index (Phi) is 11.1. The predicted molar refractivity (Wildman–Crippen MR) is 129 cm³/mol. The molecule has 5 nitrogen and oxygen atoms in total. The minimum atomic E-state index is 0.225. The lowest BCUT2D eigenvalue weighted by atomic mass is 9.98. The third kappa shape index (κ3) is 7.50. The van der Waals surface area contributed by atoms with Crippen LogP contribution in [-0.4, -0.2) is 36.9 Å². The maximum absolute atomic E-state index is 6.27. The van der Waals surface area contributed by atoms with Crippen LogP contribution in [0.3, 0.4) is 0 Å². The maximum atomic E-state index is 6.27. The number of methoxy groups -OCH3 is 1. The third-order valence-corrected chi connectivity index (χ3v) is 5.94. The first-order chi connectivity index (χ1) is 14.6. The average Bonchev–Trinajstić information content (AvgIpc) is 3.13. The van der Waals surface area contributed by atoms with Gasteiger partial charge in [0.05, 0.1) is 24.4 Å². The van der Waals surface area contributed by atoms with Gasteiger partial charge >= 0.3 is 0 Å². The summed E-state index contributed by atoms with van der Waals surface area (Å²) >= 11 is 6.27. The normalized spacial score (nSPS) is 16.8. The number of aliphatic imine (C=N–C) groups is 1. The van der Waals surface area contributed by atoms with Crippen molar-refractivity contribution in [2.24, 2.45) is 21.7 Å². The van der Waals surface area contributed by atoms with Gasteiger partial charge in [0.15, 0.2) is 0 Å². The first kappa shape index (κ1) is 24.5. The minimum absolute atomic E-state index is 0.225. The summed E-state index contributed by atoms with van der Waals surface area (Å²) in [4.78, 5) is 4.55. The Labute approximate surface area is 187 Å². The summed E-state index contributed by atoms with van der Waals surface area (Å²) < 4.78 is 5.48. The van der Waals surface area contributed by atoms with Crippen molar-refractivity contribution < 1.29 is 4.74 Å². The summed E-state index contributed by atoms with van der Waals surface area (Å²) in [5.74, 6) is 1.38. The molecule has 2 N–H and O–H groups in total. The van der Waals surface area contributed by atoms with Gasteiger partial charge in [-0.3, -0.25) is 4.99 Å². The van der Waals surface area contributed by atoms with E-state index in [0.717, 1.165) is 30.8 Å². The Balaban J connectivity index is 1.75. The largest absolute Gasteiger partial charge is 0.494 e. The Bertz CT molecular complexity index is 704. The molecule has 0 radical (unpaired) electrons. The van der Waals surface area contributed by atoms with Gasteiger partial charge in [0.25, 0.3) is 0 Å². The molecule has 0 amide bonds. The minimum Gasteiger partial charge on any atom is -0.494 e. The highest BCUT2D eigenvalue weighted by Crippen LogP contribution is 2.32. The van der Waals surface area contributed by atoms with Crippen molar-refractivity contribution in [3.8, 4) is 5.75 Å². The number of nitrogens with zero attached hydrogens (tertiary/aromatic N) is 3. The molecule has 0 aliphatic carbocycles. The van der Waals surface area contributed by atoms with Crippen LogP contribution in [0.5, 0.6) is 5.75 Å². The fraction of sp³-hybridized carbons (Fsp3) is 0.667. The van der Waals surface area contributed by atoms with E-state index >= 15 is 0 Å². The third-order valence-electron chi connectivity index (χ3n) is 5.64. The summed E-state index contributed by atoms with van der Waals surface area (Å²) in [6, 6.07) is 5.73. The van der Waals surface area contributed by atoms with Gasteiger partial charge in [0, 0.05) is 18.0 Å². The van der Waals surface area contributed by atoms with E-state index < -0.39 is 0 Å². The van der Waals surface area contributed by atoms with Crippen LogP contribution in [0.25, 0.3) is 0 Å². The average molecular weight is 435 g/mol. The number of nitrogens with two attached hydrogens (primary N) is 1. The molecule has 0 aromatic heterocycles. The van der Waals surface area contributed by atoms with E-state index in [9.17, 15) is 0 Å². The molecule has 6 heteroatoms. The van der Waals surface area contributed by atoms with E-state index in [2.05, 4.69) is 18.8 Å². The van der Waals surface area contributed by atoms with Gasteiger partial charge in [0.1, 0.15) is 5.75 Å². The molecular weight excluding hydrogens is 396 g/mol. The molecule has 1 aliphatic heterocycles. The van der Waals surface area contributed by atoms with Crippen LogP contribution in [0.15, 0.2) is 28.3 Å². The fourth-order valence-corrected chi connectivity index (χ4v) is 4.12. The first-order valence-corrected chi connectivity index (χ1v) is 11.9. The predicted octanol–water partition coefficient (Wildman–Crippen LogP) is 6.24. The second-order valence-corrected chi connectivity index (χ2v) is 8.62. The highest BCUT2D eigenvalue weighted by atomic mass is 35.5. The molecule has 1 aliphatic rings. The zero-order chi connectivity index (χ0) is 21.8. The number of hydrogen-bond donors (Lipinski definition) is 1. The van der Waals surface area contributed by atoms with Gasteiger partial charge in [0.2, 0.25) is 5.96 Å². The van der Waals surface area contributed by atoms with E-state index in [4.69, 9.17) is 27.2 Å². The number of ether oxygens (including phenoxy) is 1. The zero-order valence-corrected chi connectivity index (χ0v) is 19.8. The Morgan fingerprint density at radius 2 is 1.77 bits per heavy atom. The standard InChI is InChI=1S/C24H39ClN4O/c1-4-5-6-7-8-9-10-11-12-13-17-27-24(26)29-18-19(2)22(28-29)20-15-14-16-21(25)23(20)30-3/h14-16,19H,4-13,17-18H2,1-3H3,(H2,26,27). The number of halogens is 1. The first-order valence-electron chi connectivity index (χ1n) is 11.6. The highest BCUT2D eigenvalue weighted by Gasteiger charge is 2.28. The van der Waals surface area contributed by atoms with Crippen LogP contribution in [0, 0.1) is 5.92 Å². The molecule has 168 valence electrons. The van der Waals surface area contributed by atoms with Crippen molar-refractivity contribution in [3.63, 3.8) is 0 Å². The number of guanidine groups is 1. The van der Waals surface area contributed by atoms with Crippen molar-refractivity contribution in [3.05, 3.63) is 28.8 Å². The van der Waals surface area contributed by atoms with Gasteiger partial charge < -0.3 is 10.5 Å². The topological polar surface area (TPSA) is 63.2 Å². The van der Waals surface area contributed by atoms with Gasteiger partial charge in [-0.2, -0.15) is 5.10 Å². The van der Waals surface area contributed by atoms with Crippen LogP contribution in [0.1, 0.15) is 83.6 Å². The Morgan fingerprint density at radius 3 is 2.40 bits per heavy atom. The van der Waals surface area contributed by atoms with Gasteiger partial charge in [-0.1, -0.05) is 89.3 Å². The molecule has 1 aromatic rings. The van der Waals surface area contributed by atoms with Crippen molar-refractivity contribution >= 4 is 23.3 Å². The molecule has 1 unspecified atom stereocenters. The monoisotopic (exact) mass is 434 g/mol. The molecule has 1 heterocycles. The molecule has 0 bridgehead atoms. The van der Waals surface area contributed by atoms with E-state index in [0.29, 0.717) is 16.7 Å². The fourth-order valence-electron chi connectivity index (χ4n) is 3.87. The van der Waals surface area contributed by atoms with Gasteiger partial charge in [-0.05, 0) is 18.6 Å². The molecule has 0 spiro atoms. The Morgan fingerprint density at radius 1 is 1.13 bits per heavy atom. The summed E-state index contributed by atoms with van der Waals surface area (Å²) in [7, 11) is 1.63. The van der Waals surface area contributed by atoms with Crippen molar-refractivity contribution in [2.75, 3.05) is 20.2 Å². The number of hydrogen-bond acceptors (Lipinski definition) is 3. The number of para-hydroxylation sites is 1. The number of hydrazone groups is 1. The van der Waals surface area contributed by atoms with Crippen LogP contribution in [0.4, 0.5) is 0 Å². The van der Waals surface area contributed by atoms with Crippen molar-refractivity contribution in [1.29, 1.82) is 0 Å². The molecular formula is C24H39ClN4O. The molecule has 0 fully saturated rings. The number of unbranched alkanes of at least 4 members (excludes halogenated alkanes) is 9. The molecule has 0 saturated carbocycles. The lowest BCUT2D eigenvalue weighted by Gasteiger charge is -2.13. The van der Waals surface area contributed by atoms with Gasteiger partial charge in [-0.25, -0.2) is 5.01 Å². The van der Waals surface area contributed by atoms with Crippen molar-refractivity contribution in [1.82, 2.24) is 5.01 Å². The van der Waals surface area contributed by atoms with Crippen LogP contribution in [0.2, 0.25) is 5.02 Å². The molecule has 0 saturated heterocycles. The SMILES string of the molecule is CCCCCCCCCCCCN=C(N)N1CC(C)C(c2cccc(Cl)c2OC)=N1. The molecule has 30 heavy (non-hydrogen) atoms. The molecule has 1 atom stereocenters. The number of rotatable bonds is 13. The maximum Gasteiger partial charge on any atom is 0.212 e. The summed E-state index contributed by atoms with van der Waals surface area (Å²) in [6.07, 6.45) is 13.2. The van der Waals surface area contributed by atoms with Crippen molar-refractivity contribution in [2.45, 2.75) is 78.1 Å². The highest BCUT2D eigenvalue weighted by molar-refractivity contribution is 6.32. The second-order valence-electron chi connectivity index (χ2n) is 8.21. The molecule has 2 rings (SSSR count). The van der Waals surface area contributed by atoms with Crippen LogP contribution in [-0.2, 0) is 0 Å².